The second-order valence-electron chi connectivity index (χ2n) is 5.66. The van der Waals surface area contributed by atoms with E-state index in [9.17, 15) is 13.2 Å². The highest BCUT2D eigenvalue weighted by molar-refractivity contribution is 5.49. The summed E-state index contributed by atoms with van der Waals surface area (Å²) >= 11 is 0. The maximum Gasteiger partial charge on any atom is 0.416 e. The van der Waals surface area contributed by atoms with Gasteiger partial charge in [-0.1, -0.05) is 25.5 Å². The summed E-state index contributed by atoms with van der Waals surface area (Å²) in [6, 6.07) is 12.9. The zero-order valence-corrected chi connectivity index (χ0v) is 14.2. The number of hydrogen-bond donors (Lipinski definition) is 2. The van der Waals surface area contributed by atoms with Crippen LogP contribution in [-0.2, 0) is 6.18 Å². The average molecular weight is 352 g/mol. The molecule has 2 aromatic rings. The van der Waals surface area contributed by atoms with Crippen LogP contribution in [0.4, 0.5) is 24.5 Å². The minimum atomic E-state index is -4.33. The molecule has 0 radical (unpaired) electrons. The summed E-state index contributed by atoms with van der Waals surface area (Å²) in [5.74, 6) is 0.810. The van der Waals surface area contributed by atoms with Crippen LogP contribution in [0.15, 0.2) is 48.5 Å². The molecule has 2 N–H and O–H groups in total. The molecular formula is C19H23F3N2O. The number of halogens is 3. The largest absolute Gasteiger partial charge is 0.494 e. The molecule has 0 saturated carbocycles. The molecule has 0 atom stereocenters. The Morgan fingerprint density at radius 3 is 2.20 bits per heavy atom. The van der Waals surface area contributed by atoms with E-state index in [1.54, 1.807) is 6.07 Å². The van der Waals surface area contributed by atoms with Crippen molar-refractivity contribution in [3.05, 3.63) is 54.1 Å². The van der Waals surface area contributed by atoms with Crippen molar-refractivity contribution in [2.75, 3.05) is 30.3 Å². The maximum atomic E-state index is 12.7. The summed E-state index contributed by atoms with van der Waals surface area (Å²) < 4.78 is 43.7. The van der Waals surface area contributed by atoms with Crippen LogP contribution in [0.3, 0.4) is 0 Å². The Kier molecular flexibility index (Phi) is 6.98. The van der Waals surface area contributed by atoms with Gasteiger partial charge >= 0.3 is 6.18 Å². The number of alkyl halides is 3. The molecule has 0 fully saturated rings. The lowest BCUT2D eigenvalue weighted by Gasteiger charge is -2.12. The van der Waals surface area contributed by atoms with E-state index in [-0.39, 0.29) is 0 Å². The Morgan fingerprint density at radius 1 is 0.920 bits per heavy atom. The van der Waals surface area contributed by atoms with E-state index in [0.717, 1.165) is 36.4 Å². The Hall–Kier alpha value is -2.37. The highest BCUT2D eigenvalue weighted by Crippen LogP contribution is 2.30. The molecule has 0 bridgehead atoms. The molecule has 3 nitrogen and oxygen atoms in total. The Labute approximate surface area is 146 Å². The number of hydrogen-bond acceptors (Lipinski definition) is 3. The Morgan fingerprint density at radius 2 is 1.56 bits per heavy atom. The molecule has 2 aromatic carbocycles. The maximum absolute atomic E-state index is 12.7. The zero-order valence-electron chi connectivity index (χ0n) is 14.2. The van der Waals surface area contributed by atoms with Gasteiger partial charge in [0.15, 0.2) is 0 Å². The molecule has 0 aliphatic carbocycles. The van der Waals surface area contributed by atoms with Crippen LogP contribution in [-0.4, -0.2) is 19.7 Å². The number of unbranched alkanes of at least 4 members (excludes halogenated alkanes) is 1. The Balaban J connectivity index is 1.79. The standard InChI is InChI=1S/C19H23F3N2O/c1-2-3-12-25-18-9-5-8-17(14-18)24-11-10-23-16-7-4-6-15(13-16)19(20,21)22/h4-9,13-14,23-24H,2-3,10-12H2,1H3. The highest BCUT2D eigenvalue weighted by atomic mass is 19.4. The van der Waals surface area contributed by atoms with Gasteiger partial charge in [0, 0.05) is 30.5 Å². The second-order valence-corrected chi connectivity index (χ2v) is 5.66. The molecule has 136 valence electrons. The van der Waals surface area contributed by atoms with Gasteiger partial charge < -0.3 is 15.4 Å². The molecule has 0 aliphatic heterocycles. The smallest absolute Gasteiger partial charge is 0.416 e. The molecule has 0 aliphatic rings. The van der Waals surface area contributed by atoms with Crippen molar-refractivity contribution >= 4 is 11.4 Å². The fourth-order valence-electron chi connectivity index (χ4n) is 2.25. The van der Waals surface area contributed by atoms with Crippen LogP contribution >= 0.6 is 0 Å². The minimum absolute atomic E-state index is 0.452. The number of anilines is 2. The van der Waals surface area contributed by atoms with Gasteiger partial charge in [-0.3, -0.25) is 0 Å². The van der Waals surface area contributed by atoms with Crippen LogP contribution in [0.5, 0.6) is 5.75 Å². The normalized spacial score (nSPS) is 11.2. The molecule has 0 amide bonds. The van der Waals surface area contributed by atoms with Crippen LogP contribution in [0.1, 0.15) is 25.3 Å². The third kappa shape index (κ3) is 6.57. The van der Waals surface area contributed by atoms with E-state index in [2.05, 4.69) is 17.6 Å². The van der Waals surface area contributed by atoms with Gasteiger partial charge in [-0.15, -0.1) is 0 Å². The van der Waals surface area contributed by atoms with Gasteiger partial charge in [0.05, 0.1) is 12.2 Å². The number of nitrogens with one attached hydrogen (secondary N) is 2. The summed E-state index contributed by atoms with van der Waals surface area (Å²) in [4.78, 5) is 0. The predicted molar refractivity (Wildman–Crippen MR) is 95.3 cm³/mol. The molecule has 25 heavy (non-hydrogen) atoms. The minimum Gasteiger partial charge on any atom is -0.494 e. The topological polar surface area (TPSA) is 33.3 Å². The third-order valence-corrected chi connectivity index (χ3v) is 3.57. The summed E-state index contributed by atoms with van der Waals surface area (Å²) in [5, 5.41) is 6.22. The monoisotopic (exact) mass is 352 g/mol. The molecule has 0 heterocycles. The molecule has 0 unspecified atom stereocenters. The van der Waals surface area contributed by atoms with Crippen LogP contribution in [0.2, 0.25) is 0 Å². The molecule has 0 saturated heterocycles. The lowest BCUT2D eigenvalue weighted by atomic mass is 10.2. The van der Waals surface area contributed by atoms with Crippen LogP contribution in [0.25, 0.3) is 0 Å². The van der Waals surface area contributed by atoms with Gasteiger partial charge in [0.1, 0.15) is 5.75 Å². The van der Waals surface area contributed by atoms with Gasteiger partial charge in [-0.2, -0.15) is 13.2 Å². The number of benzene rings is 2. The summed E-state index contributed by atoms with van der Waals surface area (Å²) in [6.07, 6.45) is -2.23. The van der Waals surface area contributed by atoms with Gasteiger partial charge in [0.25, 0.3) is 0 Å². The highest BCUT2D eigenvalue weighted by Gasteiger charge is 2.30. The number of rotatable bonds is 9. The first-order valence-corrected chi connectivity index (χ1v) is 8.37. The average Bonchev–Trinajstić information content (AvgIpc) is 2.59. The fraction of sp³-hybridized carbons (Fsp3) is 0.368. The van der Waals surface area contributed by atoms with E-state index >= 15 is 0 Å². The van der Waals surface area contributed by atoms with Crippen molar-refractivity contribution in [1.82, 2.24) is 0 Å². The van der Waals surface area contributed by atoms with Crippen molar-refractivity contribution in [3.8, 4) is 5.75 Å². The first-order chi connectivity index (χ1) is 12.0. The van der Waals surface area contributed by atoms with Crippen LogP contribution in [0, 0.1) is 0 Å². The zero-order chi connectivity index (χ0) is 18.1. The van der Waals surface area contributed by atoms with Crippen molar-refractivity contribution in [3.63, 3.8) is 0 Å². The van der Waals surface area contributed by atoms with Gasteiger partial charge in [-0.25, -0.2) is 0 Å². The molecule has 0 aromatic heterocycles. The predicted octanol–water partition coefficient (Wildman–Crippen LogP) is 5.41. The summed E-state index contributed by atoms with van der Waals surface area (Å²) in [5.41, 5.74) is 0.718. The van der Waals surface area contributed by atoms with Gasteiger partial charge in [0.2, 0.25) is 0 Å². The second kappa shape index (κ2) is 9.20. The molecule has 6 heteroatoms. The van der Waals surface area contributed by atoms with E-state index in [1.165, 1.54) is 6.07 Å². The quantitative estimate of drug-likeness (QED) is 0.592. The van der Waals surface area contributed by atoms with E-state index < -0.39 is 11.7 Å². The van der Waals surface area contributed by atoms with Crippen LogP contribution < -0.4 is 15.4 Å². The lowest BCUT2D eigenvalue weighted by molar-refractivity contribution is -0.137. The first kappa shape index (κ1) is 19.0. The number of ether oxygens (including phenoxy) is 1. The van der Waals surface area contributed by atoms with E-state index in [0.29, 0.717) is 25.4 Å². The first-order valence-electron chi connectivity index (χ1n) is 8.37. The molecular weight excluding hydrogens is 329 g/mol. The summed E-state index contributed by atoms with van der Waals surface area (Å²) in [6.45, 7) is 3.88. The molecule has 0 spiro atoms. The van der Waals surface area contributed by atoms with Crippen molar-refractivity contribution < 1.29 is 17.9 Å². The van der Waals surface area contributed by atoms with Gasteiger partial charge in [-0.05, 0) is 36.8 Å². The third-order valence-electron chi connectivity index (χ3n) is 3.57. The van der Waals surface area contributed by atoms with E-state index in [4.69, 9.17) is 4.74 Å². The molecule has 2 rings (SSSR count). The SMILES string of the molecule is CCCCOc1cccc(NCCNc2cccc(C(F)(F)F)c2)c1. The lowest BCUT2D eigenvalue weighted by Crippen LogP contribution is -2.14. The Bertz CT molecular complexity index is 659. The van der Waals surface area contributed by atoms with Crippen molar-refractivity contribution in [1.29, 1.82) is 0 Å². The summed E-state index contributed by atoms with van der Waals surface area (Å²) in [7, 11) is 0. The van der Waals surface area contributed by atoms with Crippen molar-refractivity contribution in [2.24, 2.45) is 0 Å². The van der Waals surface area contributed by atoms with E-state index in [1.807, 2.05) is 24.3 Å². The van der Waals surface area contributed by atoms with Crippen molar-refractivity contribution in [2.45, 2.75) is 25.9 Å². The fourth-order valence-corrected chi connectivity index (χ4v) is 2.25.